The zero-order valence-corrected chi connectivity index (χ0v) is 28.0. The number of nitrogens with zero attached hydrogens (tertiary/aromatic N) is 2. The van der Waals surface area contributed by atoms with Crippen molar-refractivity contribution in [2.75, 3.05) is 13.2 Å². The van der Waals surface area contributed by atoms with Crippen molar-refractivity contribution in [1.82, 2.24) is 10.1 Å². The van der Waals surface area contributed by atoms with E-state index in [-0.39, 0.29) is 43.4 Å². The number of piperidine rings is 2. The van der Waals surface area contributed by atoms with Gasteiger partial charge in [0.1, 0.15) is 6.10 Å². The van der Waals surface area contributed by atoms with Crippen LogP contribution in [0.25, 0.3) is 0 Å². The molecule has 5 atom stereocenters. The number of carbonyl (C=O) groups excluding carboxylic acids is 2. The number of ether oxygens (including phenoxy) is 2. The molecule has 0 aromatic heterocycles. The number of fused-ring (bicyclic) bond motifs is 4. The Bertz CT molecular complexity index is 1060. The van der Waals surface area contributed by atoms with Crippen molar-refractivity contribution in [2.45, 2.75) is 161 Å². The van der Waals surface area contributed by atoms with Crippen LogP contribution in [0.2, 0.25) is 0 Å². The minimum Gasteiger partial charge on any atom is -0.458 e. The van der Waals surface area contributed by atoms with E-state index < -0.39 is 51.0 Å². The molecule has 1 spiro atoms. The number of esters is 2. The van der Waals surface area contributed by atoms with E-state index in [4.69, 9.17) is 19.1 Å². The molecule has 42 heavy (non-hydrogen) atoms. The van der Waals surface area contributed by atoms with Gasteiger partial charge in [0.25, 0.3) is 0 Å². The SMILES string of the molecule is CC(C)(O)CON1C(C)(C)CC2OC(=O)CCCC3(C(=O)OC2C1(C)C)C1CC(C)(C)N(OCC(C)(C)O)C(C)(C)C13. The zero-order chi connectivity index (χ0) is 31.9. The van der Waals surface area contributed by atoms with Crippen molar-refractivity contribution in [3.63, 3.8) is 0 Å². The Labute approximate surface area is 252 Å². The molecule has 10 heteroatoms. The molecule has 3 heterocycles. The molecular formula is C32H56N2O8. The van der Waals surface area contributed by atoms with Crippen molar-refractivity contribution >= 4 is 11.9 Å². The largest absolute Gasteiger partial charge is 0.458 e. The molecule has 4 rings (SSSR count). The van der Waals surface area contributed by atoms with Crippen LogP contribution in [-0.4, -0.2) is 91.1 Å². The van der Waals surface area contributed by atoms with Gasteiger partial charge in [-0.15, -0.1) is 0 Å². The van der Waals surface area contributed by atoms with Gasteiger partial charge in [-0.3, -0.25) is 19.3 Å². The molecule has 4 fully saturated rings. The fraction of sp³-hybridized carbons (Fsp3) is 0.938. The maximum absolute atomic E-state index is 14.6. The van der Waals surface area contributed by atoms with E-state index in [0.717, 1.165) is 6.42 Å². The van der Waals surface area contributed by atoms with Gasteiger partial charge >= 0.3 is 11.9 Å². The molecule has 1 saturated carbocycles. The van der Waals surface area contributed by atoms with Crippen LogP contribution in [0.3, 0.4) is 0 Å². The normalized spacial score (nSPS) is 36.4. The summed E-state index contributed by atoms with van der Waals surface area (Å²) in [5.41, 5.74) is -5.20. The summed E-state index contributed by atoms with van der Waals surface area (Å²) in [7, 11) is 0. The Morgan fingerprint density at radius 3 is 1.83 bits per heavy atom. The van der Waals surface area contributed by atoms with Gasteiger partial charge < -0.3 is 19.7 Å². The van der Waals surface area contributed by atoms with Gasteiger partial charge in [0, 0.05) is 29.5 Å². The van der Waals surface area contributed by atoms with Crippen molar-refractivity contribution in [3.8, 4) is 0 Å². The van der Waals surface area contributed by atoms with Gasteiger partial charge in [-0.05, 0) is 114 Å². The fourth-order valence-electron chi connectivity index (χ4n) is 8.65. The second-order valence-corrected chi connectivity index (χ2v) is 16.9. The standard InChI is InChI=1S/C32H56N2O8/c1-26(2)16-20-23(30(9,10)33(26)39-18-28(5,6)37)32(20)15-13-14-22(35)41-21-17-27(3,4)34(40-19-29(7,8)38)31(11,12)24(21)42-25(32)36/h20-21,23-24,37-38H,13-19H2,1-12H3. The van der Waals surface area contributed by atoms with E-state index in [1.165, 1.54) is 0 Å². The lowest BCUT2D eigenvalue weighted by molar-refractivity contribution is -0.331. The first-order chi connectivity index (χ1) is 18.9. The highest BCUT2D eigenvalue weighted by Crippen LogP contribution is 2.73. The summed E-state index contributed by atoms with van der Waals surface area (Å²) >= 11 is 0. The molecule has 2 N–H and O–H groups in total. The van der Waals surface area contributed by atoms with Crippen LogP contribution >= 0.6 is 0 Å². The number of rotatable bonds is 6. The summed E-state index contributed by atoms with van der Waals surface area (Å²) in [5, 5.41) is 24.6. The molecule has 0 radical (unpaired) electrons. The second-order valence-electron chi connectivity index (χ2n) is 16.9. The Morgan fingerprint density at radius 2 is 1.31 bits per heavy atom. The lowest BCUT2D eigenvalue weighted by Crippen LogP contribution is -2.70. The summed E-state index contributed by atoms with van der Waals surface area (Å²) < 4.78 is 12.5. The molecule has 3 aliphatic heterocycles. The second kappa shape index (κ2) is 10.4. The van der Waals surface area contributed by atoms with E-state index in [9.17, 15) is 19.8 Å². The molecule has 0 aromatic rings. The summed E-state index contributed by atoms with van der Waals surface area (Å²) in [6, 6.07) is 0. The first kappa shape index (κ1) is 33.6. The minimum atomic E-state index is -1.06. The van der Waals surface area contributed by atoms with Crippen LogP contribution in [0.5, 0.6) is 0 Å². The molecule has 4 aliphatic rings. The van der Waals surface area contributed by atoms with Crippen molar-refractivity contribution in [2.24, 2.45) is 17.3 Å². The van der Waals surface area contributed by atoms with Crippen LogP contribution < -0.4 is 0 Å². The van der Waals surface area contributed by atoms with Gasteiger partial charge in [-0.1, -0.05) is 0 Å². The van der Waals surface area contributed by atoms with Crippen molar-refractivity contribution in [1.29, 1.82) is 0 Å². The maximum Gasteiger partial charge on any atom is 0.313 e. The third-order valence-corrected chi connectivity index (χ3v) is 9.83. The van der Waals surface area contributed by atoms with Gasteiger partial charge in [0.15, 0.2) is 6.10 Å². The number of hydrogen-bond acceptors (Lipinski definition) is 10. The highest BCUT2D eigenvalue weighted by Gasteiger charge is 2.79. The van der Waals surface area contributed by atoms with Crippen LogP contribution in [0.4, 0.5) is 0 Å². The maximum atomic E-state index is 14.6. The summed E-state index contributed by atoms with van der Waals surface area (Å²) in [4.78, 5) is 40.2. The predicted octanol–water partition coefficient (Wildman–Crippen LogP) is 4.16. The number of carbonyl (C=O) groups is 2. The third kappa shape index (κ3) is 6.01. The van der Waals surface area contributed by atoms with Crippen molar-refractivity contribution in [3.05, 3.63) is 0 Å². The van der Waals surface area contributed by atoms with E-state index in [2.05, 4.69) is 27.7 Å². The Hall–Kier alpha value is -1.30. The summed E-state index contributed by atoms with van der Waals surface area (Å²) in [6.07, 6.45) is 1.01. The van der Waals surface area contributed by atoms with Gasteiger partial charge in [-0.2, -0.15) is 10.1 Å². The molecule has 242 valence electrons. The fourth-order valence-corrected chi connectivity index (χ4v) is 8.65. The molecule has 0 aromatic carbocycles. The van der Waals surface area contributed by atoms with Crippen LogP contribution in [-0.2, 0) is 28.7 Å². The summed E-state index contributed by atoms with van der Waals surface area (Å²) in [5.74, 6) is -0.522. The Balaban J connectivity index is 1.69. The van der Waals surface area contributed by atoms with Crippen LogP contribution in [0.1, 0.15) is 115 Å². The van der Waals surface area contributed by atoms with Crippen LogP contribution in [0.15, 0.2) is 0 Å². The van der Waals surface area contributed by atoms with E-state index in [1.807, 2.05) is 37.8 Å². The monoisotopic (exact) mass is 596 g/mol. The number of aliphatic hydroxyl groups is 2. The van der Waals surface area contributed by atoms with E-state index in [0.29, 0.717) is 19.3 Å². The van der Waals surface area contributed by atoms with Gasteiger partial charge in [0.2, 0.25) is 0 Å². The van der Waals surface area contributed by atoms with Gasteiger partial charge in [0.05, 0.1) is 35.4 Å². The average molecular weight is 597 g/mol. The smallest absolute Gasteiger partial charge is 0.313 e. The lowest BCUT2D eigenvalue weighted by atomic mass is 9.77. The highest BCUT2D eigenvalue weighted by molar-refractivity contribution is 5.83. The Morgan fingerprint density at radius 1 is 0.810 bits per heavy atom. The molecule has 0 amide bonds. The molecule has 1 aliphatic carbocycles. The van der Waals surface area contributed by atoms with Crippen LogP contribution in [0, 0.1) is 17.3 Å². The third-order valence-electron chi connectivity index (χ3n) is 9.83. The average Bonchev–Trinajstić information content (AvgIpc) is 3.40. The quantitative estimate of drug-likeness (QED) is 0.433. The minimum absolute atomic E-state index is 0.0492. The highest BCUT2D eigenvalue weighted by atomic mass is 16.7. The summed E-state index contributed by atoms with van der Waals surface area (Å²) in [6.45, 7) is 23.3. The lowest BCUT2D eigenvalue weighted by Gasteiger charge is -2.56. The number of hydroxylamine groups is 4. The first-order valence-electron chi connectivity index (χ1n) is 15.6. The molecular weight excluding hydrogens is 540 g/mol. The topological polar surface area (TPSA) is 118 Å². The molecule has 0 bridgehead atoms. The number of hydrogen-bond donors (Lipinski definition) is 2. The molecule has 3 saturated heterocycles. The van der Waals surface area contributed by atoms with Crippen molar-refractivity contribution < 1.29 is 39.0 Å². The Kier molecular flexibility index (Phi) is 8.30. The van der Waals surface area contributed by atoms with E-state index >= 15 is 0 Å². The van der Waals surface area contributed by atoms with Gasteiger partial charge in [-0.25, -0.2) is 0 Å². The first-order valence-corrected chi connectivity index (χ1v) is 15.6. The molecule has 10 nitrogen and oxygen atoms in total. The predicted molar refractivity (Wildman–Crippen MR) is 157 cm³/mol. The molecule has 5 unspecified atom stereocenters. The zero-order valence-electron chi connectivity index (χ0n) is 28.0. The van der Waals surface area contributed by atoms with E-state index in [1.54, 1.807) is 27.7 Å².